The van der Waals surface area contributed by atoms with Crippen molar-refractivity contribution in [1.29, 1.82) is 0 Å². The van der Waals surface area contributed by atoms with E-state index in [2.05, 4.69) is 4.74 Å². The van der Waals surface area contributed by atoms with E-state index in [1.165, 1.54) is 31.4 Å². The molecule has 0 fully saturated rings. The van der Waals surface area contributed by atoms with Crippen molar-refractivity contribution < 1.29 is 27.4 Å². The van der Waals surface area contributed by atoms with Gasteiger partial charge in [0.25, 0.3) is 0 Å². The predicted octanol–water partition coefficient (Wildman–Crippen LogP) is 4.07. The van der Waals surface area contributed by atoms with Gasteiger partial charge in [-0.3, -0.25) is 4.79 Å². The van der Waals surface area contributed by atoms with Crippen LogP contribution in [0.1, 0.15) is 10.4 Å². The third kappa shape index (κ3) is 3.98. The summed E-state index contributed by atoms with van der Waals surface area (Å²) in [7, 11) is 1.44. The first-order valence-corrected chi connectivity index (χ1v) is 5.92. The standard InChI is InChI=1S/C15H11F3O3/c1-20-14-6-10(9-19)5-12(8-14)11-3-2-4-13(7-11)21-15(16,17)18/h2-9H,1H3. The fourth-order valence-electron chi connectivity index (χ4n) is 1.85. The summed E-state index contributed by atoms with van der Waals surface area (Å²) < 4.78 is 45.6. The molecule has 0 saturated heterocycles. The molecule has 2 aromatic rings. The number of halogens is 3. The molecule has 0 spiro atoms. The lowest BCUT2D eigenvalue weighted by Crippen LogP contribution is -2.17. The smallest absolute Gasteiger partial charge is 0.497 e. The first-order chi connectivity index (χ1) is 9.91. The molecule has 6 heteroatoms. The monoisotopic (exact) mass is 296 g/mol. The average molecular weight is 296 g/mol. The molecule has 2 aromatic carbocycles. The second-order valence-electron chi connectivity index (χ2n) is 4.19. The number of aldehydes is 1. The van der Waals surface area contributed by atoms with Crippen LogP contribution in [0.4, 0.5) is 13.2 Å². The molecule has 0 amide bonds. The zero-order chi connectivity index (χ0) is 15.5. The Morgan fingerprint density at radius 3 is 2.33 bits per heavy atom. The van der Waals surface area contributed by atoms with Crippen LogP contribution in [0.2, 0.25) is 0 Å². The minimum Gasteiger partial charge on any atom is -0.497 e. The van der Waals surface area contributed by atoms with Crippen molar-refractivity contribution in [2.24, 2.45) is 0 Å². The Kier molecular flexibility index (Phi) is 4.16. The molecule has 0 heterocycles. The molecule has 0 unspecified atom stereocenters. The molecular formula is C15H11F3O3. The molecule has 3 nitrogen and oxygen atoms in total. The Morgan fingerprint density at radius 2 is 1.71 bits per heavy atom. The van der Waals surface area contributed by atoms with Gasteiger partial charge in [0, 0.05) is 5.56 Å². The van der Waals surface area contributed by atoms with Crippen molar-refractivity contribution in [3.63, 3.8) is 0 Å². The summed E-state index contributed by atoms with van der Waals surface area (Å²) in [5, 5.41) is 0. The van der Waals surface area contributed by atoms with Crippen LogP contribution >= 0.6 is 0 Å². The molecule has 110 valence electrons. The fraction of sp³-hybridized carbons (Fsp3) is 0.133. The van der Waals surface area contributed by atoms with Gasteiger partial charge >= 0.3 is 6.36 Å². The predicted molar refractivity (Wildman–Crippen MR) is 70.5 cm³/mol. The average Bonchev–Trinajstić information content (AvgIpc) is 2.45. The highest BCUT2D eigenvalue weighted by atomic mass is 19.4. The molecule has 0 aliphatic carbocycles. The molecule has 0 radical (unpaired) electrons. The SMILES string of the molecule is COc1cc(C=O)cc(-c2cccc(OC(F)(F)F)c2)c1. The first kappa shape index (κ1) is 14.9. The number of benzene rings is 2. The number of alkyl halides is 3. The van der Waals surface area contributed by atoms with Crippen LogP contribution in [0.15, 0.2) is 42.5 Å². The Balaban J connectivity index is 2.42. The number of ether oxygens (including phenoxy) is 2. The van der Waals surface area contributed by atoms with E-state index in [-0.39, 0.29) is 5.75 Å². The summed E-state index contributed by atoms with van der Waals surface area (Å²) in [6.07, 6.45) is -4.11. The first-order valence-electron chi connectivity index (χ1n) is 5.92. The molecule has 0 aliphatic rings. The van der Waals surface area contributed by atoms with Gasteiger partial charge in [-0.15, -0.1) is 13.2 Å². The van der Waals surface area contributed by atoms with Gasteiger partial charge in [-0.1, -0.05) is 12.1 Å². The summed E-state index contributed by atoms with van der Waals surface area (Å²) >= 11 is 0. The van der Waals surface area contributed by atoms with Gasteiger partial charge in [0.15, 0.2) is 0 Å². The highest BCUT2D eigenvalue weighted by Crippen LogP contribution is 2.30. The molecule has 0 saturated carbocycles. The zero-order valence-electron chi connectivity index (χ0n) is 11.0. The molecule has 0 bridgehead atoms. The van der Waals surface area contributed by atoms with E-state index >= 15 is 0 Å². The van der Waals surface area contributed by atoms with Crippen molar-refractivity contribution in [2.75, 3.05) is 7.11 Å². The summed E-state index contributed by atoms with van der Waals surface area (Å²) in [5.41, 5.74) is 1.41. The third-order valence-corrected chi connectivity index (χ3v) is 2.70. The second kappa shape index (κ2) is 5.87. The van der Waals surface area contributed by atoms with Crippen LogP contribution in [0.25, 0.3) is 11.1 Å². The summed E-state index contributed by atoms with van der Waals surface area (Å²) in [5.74, 6) is 0.118. The minimum atomic E-state index is -4.75. The van der Waals surface area contributed by atoms with Crippen LogP contribution in [0.5, 0.6) is 11.5 Å². The van der Waals surface area contributed by atoms with Gasteiger partial charge in [-0.05, 0) is 41.5 Å². The van der Waals surface area contributed by atoms with Gasteiger partial charge < -0.3 is 9.47 Å². The Morgan fingerprint density at radius 1 is 1.00 bits per heavy atom. The molecular weight excluding hydrogens is 285 g/mol. The van der Waals surface area contributed by atoms with Crippen molar-refractivity contribution in [3.05, 3.63) is 48.0 Å². The highest BCUT2D eigenvalue weighted by molar-refractivity contribution is 5.80. The van der Waals surface area contributed by atoms with Crippen molar-refractivity contribution in [3.8, 4) is 22.6 Å². The Bertz CT molecular complexity index is 651. The second-order valence-corrected chi connectivity index (χ2v) is 4.19. The van der Waals surface area contributed by atoms with Gasteiger partial charge in [0.05, 0.1) is 7.11 Å². The maximum Gasteiger partial charge on any atom is 0.573 e. The number of hydrogen-bond acceptors (Lipinski definition) is 3. The van der Waals surface area contributed by atoms with Gasteiger partial charge in [0.1, 0.15) is 17.8 Å². The minimum absolute atomic E-state index is 0.324. The van der Waals surface area contributed by atoms with E-state index in [1.807, 2.05) is 0 Å². The number of methoxy groups -OCH3 is 1. The van der Waals surface area contributed by atoms with E-state index in [9.17, 15) is 18.0 Å². The lowest BCUT2D eigenvalue weighted by atomic mass is 10.0. The van der Waals surface area contributed by atoms with Gasteiger partial charge in [-0.2, -0.15) is 0 Å². The van der Waals surface area contributed by atoms with E-state index in [0.29, 0.717) is 28.7 Å². The molecule has 0 aliphatic heterocycles. The Hall–Kier alpha value is -2.50. The molecule has 0 aromatic heterocycles. The third-order valence-electron chi connectivity index (χ3n) is 2.70. The van der Waals surface area contributed by atoms with E-state index in [0.717, 1.165) is 0 Å². The maximum absolute atomic E-state index is 12.2. The summed E-state index contributed by atoms with van der Waals surface area (Å²) in [4.78, 5) is 10.9. The number of carbonyl (C=O) groups excluding carboxylic acids is 1. The lowest BCUT2D eigenvalue weighted by molar-refractivity contribution is -0.274. The van der Waals surface area contributed by atoms with E-state index in [4.69, 9.17) is 4.74 Å². The van der Waals surface area contributed by atoms with Crippen molar-refractivity contribution in [2.45, 2.75) is 6.36 Å². The van der Waals surface area contributed by atoms with Crippen LogP contribution in [-0.4, -0.2) is 19.8 Å². The molecule has 0 N–H and O–H groups in total. The normalized spacial score (nSPS) is 11.0. The topological polar surface area (TPSA) is 35.5 Å². The summed E-state index contributed by atoms with van der Waals surface area (Å²) in [6.45, 7) is 0. The molecule has 0 atom stereocenters. The number of hydrogen-bond donors (Lipinski definition) is 0. The van der Waals surface area contributed by atoms with Crippen LogP contribution in [0, 0.1) is 0 Å². The quantitative estimate of drug-likeness (QED) is 0.798. The van der Waals surface area contributed by atoms with Crippen molar-refractivity contribution in [1.82, 2.24) is 0 Å². The van der Waals surface area contributed by atoms with Gasteiger partial charge in [0.2, 0.25) is 0 Å². The number of carbonyl (C=O) groups is 1. The highest BCUT2D eigenvalue weighted by Gasteiger charge is 2.31. The lowest BCUT2D eigenvalue weighted by Gasteiger charge is -2.11. The van der Waals surface area contributed by atoms with Crippen molar-refractivity contribution >= 4 is 6.29 Å². The fourth-order valence-corrected chi connectivity index (χ4v) is 1.85. The van der Waals surface area contributed by atoms with Crippen LogP contribution < -0.4 is 9.47 Å². The van der Waals surface area contributed by atoms with E-state index in [1.54, 1.807) is 18.2 Å². The van der Waals surface area contributed by atoms with Gasteiger partial charge in [-0.25, -0.2) is 0 Å². The maximum atomic E-state index is 12.2. The zero-order valence-corrected chi connectivity index (χ0v) is 11.0. The van der Waals surface area contributed by atoms with E-state index < -0.39 is 6.36 Å². The van der Waals surface area contributed by atoms with Crippen LogP contribution in [0.3, 0.4) is 0 Å². The Labute approximate surface area is 118 Å². The largest absolute Gasteiger partial charge is 0.573 e. The summed E-state index contributed by atoms with van der Waals surface area (Å²) in [6, 6.07) is 10.2. The molecule has 2 rings (SSSR count). The molecule has 21 heavy (non-hydrogen) atoms. The van der Waals surface area contributed by atoms with Crippen LogP contribution in [-0.2, 0) is 0 Å². The number of rotatable bonds is 4.